The van der Waals surface area contributed by atoms with Crippen molar-refractivity contribution in [1.29, 1.82) is 0 Å². The molecule has 2 aromatic rings. The number of hydrogen-bond donors (Lipinski definition) is 1. The number of rotatable bonds is 3. The zero-order chi connectivity index (χ0) is 15.9. The van der Waals surface area contributed by atoms with Crippen LogP contribution in [0.2, 0.25) is 0 Å². The van der Waals surface area contributed by atoms with Crippen LogP contribution in [-0.2, 0) is 6.54 Å². The Morgan fingerprint density at radius 2 is 2.43 bits per heavy atom. The van der Waals surface area contributed by atoms with Crippen molar-refractivity contribution in [3.05, 3.63) is 34.5 Å². The summed E-state index contributed by atoms with van der Waals surface area (Å²) in [5.74, 6) is 1.60. The van der Waals surface area contributed by atoms with Gasteiger partial charge in [-0.15, -0.1) is 0 Å². The maximum Gasteiger partial charge on any atom is 0.224 e. The molecule has 0 radical (unpaired) electrons. The average molecular weight is 331 g/mol. The summed E-state index contributed by atoms with van der Waals surface area (Å²) in [6, 6.07) is 4.18. The molecule has 6 nitrogen and oxygen atoms in total. The van der Waals surface area contributed by atoms with Crippen molar-refractivity contribution in [3.8, 4) is 0 Å². The lowest BCUT2D eigenvalue weighted by Crippen LogP contribution is -2.48. The number of aromatic nitrogens is 2. The third kappa shape index (κ3) is 2.58. The van der Waals surface area contributed by atoms with Crippen LogP contribution in [0.5, 0.6) is 0 Å². The predicted molar refractivity (Wildman–Crippen MR) is 94.6 cm³/mol. The van der Waals surface area contributed by atoms with Crippen molar-refractivity contribution >= 4 is 28.1 Å². The Labute approximate surface area is 140 Å². The molecule has 1 N–H and O–H groups in total. The highest BCUT2D eigenvalue weighted by Gasteiger charge is 2.39. The predicted octanol–water partition coefficient (Wildman–Crippen LogP) is 2.96. The fourth-order valence-corrected chi connectivity index (χ4v) is 4.44. The van der Waals surface area contributed by atoms with Gasteiger partial charge < -0.3 is 20.1 Å². The van der Waals surface area contributed by atoms with Gasteiger partial charge in [-0.3, -0.25) is 0 Å². The van der Waals surface area contributed by atoms with Gasteiger partial charge >= 0.3 is 0 Å². The van der Waals surface area contributed by atoms with Gasteiger partial charge in [0.05, 0.1) is 11.6 Å². The fraction of sp³-hybridized carbons (Fsp3) is 0.500. The van der Waals surface area contributed by atoms with Gasteiger partial charge in [0.25, 0.3) is 0 Å². The van der Waals surface area contributed by atoms with Crippen molar-refractivity contribution in [1.82, 2.24) is 14.6 Å². The van der Waals surface area contributed by atoms with Gasteiger partial charge in [0.15, 0.2) is 5.00 Å². The van der Waals surface area contributed by atoms with Crippen molar-refractivity contribution in [2.75, 3.05) is 29.9 Å². The molecular formula is C16H21N5OS. The van der Waals surface area contributed by atoms with E-state index in [0.717, 1.165) is 42.3 Å². The second kappa shape index (κ2) is 5.74. The number of hydrogen-bond acceptors (Lipinski definition) is 6. The van der Waals surface area contributed by atoms with Crippen molar-refractivity contribution < 1.29 is 0 Å². The molecule has 2 aliphatic heterocycles. The van der Waals surface area contributed by atoms with Crippen molar-refractivity contribution in [3.63, 3.8) is 0 Å². The van der Waals surface area contributed by atoms with Crippen LogP contribution in [0.15, 0.2) is 23.7 Å². The van der Waals surface area contributed by atoms with Gasteiger partial charge in [0, 0.05) is 25.4 Å². The normalized spacial score (nSPS) is 26.5. The van der Waals surface area contributed by atoms with Crippen molar-refractivity contribution in [2.24, 2.45) is 0 Å². The monoisotopic (exact) mass is 331 g/mol. The van der Waals surface area contributed by atoms with E-state index < -0.39 is 0 Å². The Bertz CT molecular complexity index is 692. The summed E-state index contributed by atoms with van der Waals surface area (Å²) >= 11 is 1.55. The number of nitrogens with one attached hydrogen (secondary N) is 1. The van der Waals surface area contributed by atoms with E-state index in [2.05, 4.69) is 15.2 Å². The molecule has 23 heavy (non-hydrogen) atoms. The van der Waals surface area contributed by atoms with E-state index in [0.29, 0.717) is 19.0 Å². The number of nitrogens with zero attached hydrogens (tertiary/aromatic N) is 4. The number of anilines is 2. The molecule has 0 saturated carbocycles. The minimum Gasteiger partial charge on any atom is -0.626 e. The highest BCUT2D eigenvalue weighted by molar-refractivity contribution is 7.13. The molecule has 2 aromatic heterocycles. The van der Waals surface area contributed by atoms with Crippen LogP contribution in [0.4, 0.5) is 16.8 Å². The first-order valence-electron chi connectivity index (χ1n) is 8.18. The van der Waals surface area contributed by atoms with Crippen LogP contribution in [0.3, 0.4) is 0 Å². The van der Waals surface area contributed by atoms with Crippen LogP contribution in [0, 0.1) is 5.21 Å². The Balaban J connectivity index is 1.78. The zero-order valence-electron chi connectivity index (χ0n) is 13.2. The molecule has 4 heterocycles. The quantitative estimate of drug-likeness (QED) is 0.692. The lowest BCUT2D eigenvalue weighted by molar-refractivity contribution is 0.351. The molecule has 0 spiro atoms. The Kier molecular flexibility index (Phi) is 3.71. The summed E-state index contributed by atoms with van der Waals surface area (Å²) in [5, 5.41) is 19.6. The fourth-order valence-electron chi connectivity index (χ4n) is 3.66. The lowest BCUT2D eigenvalue weighted by Gasteiger charge is -2.41. The van der Waals surface area contributed by atoms with Gasteiger partial charge in [-0.2, -0.15) is 4.98 Å². The third-order valence-corrected chi connectivity index (χ3v) is 5.67. The topological polar surface area (TPSA) is 64.1 Å². The Morgan fingerprint density at radius 3 is 3.22 bits per heavy atom. The first-order valence-corrected chi connectivity index (χ1v) is 9.06. The van der Waals surface area contributed by atoms with Gasteiger partial charge in [-0.05, 0) is 31.2 Å². The summed E-state index contributed by atoms with van der Waals surface area (Å²) < 4.78 is -0.296. The maximum absolute atomic E-state index is 13.6. The molecule has 0 amide bonds. The molecule has 1 saturated heterocycles. The SMILES string of the molecule is CCNc1ncc2c(n1)N1CCC[C@H]1C[N+]([O-])(c1cccs1)C2. The van der Waals surface area contributed by atoms with E-state index in [1.165, 1.54) is 0 Å². The molecule has 0 bridgehead atoms. The number of thiophene rings is 1. The summed E-state index contributed by atoms with van der Waals surface area (Å²) in [7, 11) is 0. The molecule has 0 aromatic carbocycles. The summed E-state index contributed by atoms with van der Waals surface area (Å²) in [6.45, 7) is 4.80. The van der Waals surface area contributed by atoms with Gasteiger partial charge in [0.2, 0.25) is 5.95 Å². The van der Waals surface area contributed by atoms with E-state index >= 15 is 0 Å². The molecule has 1 fully saturated rings. The maximum atomic E-state index is 13.6. The molecular weight excluding hydrogens is 310 g/mol. The first kappa shape index (κ1) is 14.9. The average Bonchev–Trinajstić information content (AvgIpc) is 3.19. The largest absolute Gasteiger partial charge is 0.626 e. The van der Waals surface area contributed by atoms with E-state index in [-0.39, 0.29) is 10.7 Å². The molecule has 122 valence electrons. The van der Waals surface area contributed by atoms with Crippen molar-refractivity contribution in [2.45, 2.75) is 32.4 Å². The number of hydroxylamine groups is 2. The molecule has 1 unspecified atom stereocenters. The van der Waals surface area contributed by atoms with Crippen LogP contribution in [-0.4, -0.2) is 35.6 Å². The third-order valence-electron chi connectivity index (χ3n) is 4.66. The standard InChI is InChI=1S/C16H21N5OS/c1-2-17-16-18-9-12-10-21(22,14-6-4-8-23-14)11-13-5-3-7-20(13)15(12)19-16/h4,6,8-9,13H,2-3,5,7,10-11H2,1H3,(H,17,18,19)/t13-,21?/m0/s1. The number of fused-ring (bicyclic) bond motifs is 3. The van der Waals surface area contributed by atoms with Crippen LogP contribution >= 0.6 is 11.3 Å². The zero-order valence-corrected chi connectivity index (χ0v) is 14.1. The van der Waals surface area contributed by atoms with Gasteiger partial charge in [0.1, 0.15) is 18.9 Å². The molecule has 0 aliphatic carbocycles. The van der Waals surface area contributed by atoms with Crippen LogP contribution in [0.25, 0.3) is 0 Å². The number of quaternary nitrogens is 1. The second-order valence-corrected chi connectivity index (χ2v) is 7.17. The lowest BCUT2D eigenvalue weighted by atomic mass is 10.2. The van der Waals surface area contributed by atoms with Gasteiger partial charge in [-0.1, -0.05) is 11.3 Å². The smallest absolute Gasteiger partial charge is 0.224 e. The summed E-state index contributed by atoms with van der Waals surface area (Å²) in [6.07, 6.45) is 4.02. The molecule has 7 heteroatoms. The second-order valence-electron chi connectivity index (χ2n) is 6.24. The summed E-state index contributed by atoms with van der Waals surface area (Å²) in [4.78, 5) is 11.4. The van der Waals surface area contributed by atoms with E-state index in [1.54, 1.807) is 11.3 Å². The highest BCUT2D eigenvalue weighted by atomic mass is 32.1. The minimum absolute atomic E-state index is 0.264. The summed E-state index contributed by atoms with van der Waals surface area (Å²) in [5.41, 5.74) is 0.958. The van der Waals surface area contributed by atoms with Crippen LogP contribution < -0.4 is 14.9 Å². The molecule has 2 aliphatic rings. The van der Waals surface area contributed by atoms with Gasteiger partial charge in [-0.25, -0.2) is 4.98 Å². The first-order chi connectivity index (χ1) is 11.2. The minimum atomic E-state index is -0.296. The Hall–Kier alpha value is -1.70. The van der Waals surface area contributed by atoms with Crippen LogP contribution in [0.1, 0.15) is 25.3 Å². The Morgan fingerprint density at radius 1 is 1.52 bits per heavy atom. The van der Waals surface area contributed by atoms with E-state index in [1.807, 2.05) is 30.6 Å². The van der Waals surface area contributed by atoms with E-state index in [4.69, 9.17) is 4.98 Å². The molecule has 4 rings (SSSR count). The highest BCUT2D eigenvalue weighted by Crippen LogP contribution is 2.39. The molecule has 2 atom stereocenters. The van der Waals surface area contributed by atoms with E-state index in [9.17, 15) is 5.21 Å².